The van der Waals surface area contributed by atoms with Crippen molar-refractivity contribution in [3.05, 3.63) is 12.2 Å². The van der Waals surface area contributed by atoms with Crippen LogP contribution in [0.1, 0.15) is 38.5 Å². The Kier molecular flexibility index (Phi) is 3.79. The van der Waals surface area contributed by atoms with Crippen LogP contribution < -0.4 is 0 Å². The molecule has 0 bridgehead atoms. The van der Waals surface area contributed by atoms with Crippen LogP contribution in [0, 0.1) is 0 Å². The van der Waals surface area contributed by atoms with Crippen LogP contribution in [0.5, 0.6) is 0 Å². The van der Waals surface area contributed by atoms with Crippen LogP contribution in [0.15, 0.2) is 12.2 Å². The van der Waals surface area contributed by atoms with Crippen molar-refractivity contribution in [2.24, 2.45) is 0 Å². The number of hydrogen-bond donors (Lipinski definition) is 0. The lowest BCUT2D eigenvalue weighted by atomic mass is 10.0. The number of allylic oxidation sites excluding steroid dienone is 1. The van der Waals surface area contributed by atoms with Gasteiger partial charge in [-0.1, -0.05) is 12.2 Å². The molecule has 3 nitrogen and oxygen atoms in total. The van der Waals surface area contributed by atoms with Crippen molar-refractivity contribution in [3.8, 4) is 0 Å². The van der Waals surface area contributed by atoms with Gasteiger partial charge in [0, 0.05) is 13.2 Å². The van der Waals surface area contributed by atoms with Crippen LogP contribution in [0.2, 0.25) is 0 Å². The molecule has 0 aromatic carbocycles. The molecular formula is C14H22O3. The summed E-state index contributed by atoms with van der Waals surface area (Å²) in [7, 11) is 0. The van der Waals surface area contributed by atoms with Crippen LogP contribution in [-0.2, 0) is 14.2 Å². The second kappa shape index (κ2) is 5.51. The minimum absolute atomic E-state index is 0.171. The normalized spacial score (nSPS) is 44.7. The van der Waals surface area contributed by atoms with Gasteiger partial charge in [0.2, 0.25) is 0 Å². The van der Waals surface area contributed by atoms with Gasteiger partial charge >= 0.3 is 0 Å². The smallest absolute Gasteiger partial charge is 0.102 e. The quantitative estimate of drug-likeness (QED) is 0.607. The summed E-state index contributed by atoms with van der Waals surface area (Å²) in [6, 6.07) is 0. The van der Waals surface area contributed by atoms with Gasteiger partial charge in [0.25, 0.3) is 0 Å². The van der Waals surface area contributed by atoms with Crippen LogP contribution >= 0.6 is 0 Å². The lowest BCUT2D eigenvalue weighted by Crippen LogP contribution is -2.43. The molecule has 0 amide bonds. The van der Waals surface area contributed by atoms with Gasteiger partial charge in [0.05, 0.1) is 18.3 Å². The van der Waals surface area contributed by atoms with E-state index in [0.29, 0.717) is 6.10 Å². The number of fused-ring (bicyclic) bond motifs is 2. The molecule has 3 aliphatic rings. The van der Waals surface area contributed by atoms with Gasteiger partial charge < -0.3 is 14.2 Å². The zero-order valence-corrected chi connectivity index (χ0v) is 10.3. The zero-order valence-electron chi connectivity index (χ0n) is 10.3. The van der Waals surface area contributed by atoms with E-state index in [9.17, 15) is 0 Å². The molecular weight excluding hydrogens is 216 g/mol. The van der Waals surface area contributed by atoms with Crippen LogP contribution in [0.25, 0.3) is 0 Å². The molecule has 3 heterocycles. The molecule has 2 saturated heterocycles. The van der Waals surface area contributed by atoms with Gasteiger partial charge in [-0.15, -0.1) is 0 Å². The van der Waals surface area contributed by atoms with E-state index in [2.05, 4.69) is 12.2 Å². The molecule has 0 unspecified atom stereocenters. The zero-order chi connectivity index (χ0) is 11.5. The first kappa shape index (κ1) is 11.7. The van der Waals surface area contributed by atoms with Crippen molar-refractivity contribution in [3.63, 3.8) is 0 Å². The van der Waals surface area contributed by atoms with Crippen LogP contribution in [0.3, 0.4) is 0 Å². The number of hydrogen-bond acceptors (Lipinski definition) is 3. The largest absolute Gasteiger partial charge is 0.376 e. The van der Waals surface area contributed by atoms with E-state index < -0.39 is 0 Å². The van der Waals surface area contributed by atoms with Crippen molar-refractivity contribution in [2.75, 3.05) is 13.2 Å². The van der Waals surface area contributed by atoms with E-state index in [1.807, 2.05) is 0 Å². The predicted molar refractivity (Wildman–Crippen MR) is 65.0 cm³/mol. The molecule has 0 aromatic rings. The molecule has 3 aliphatic heterocycles. The molecule has 3 heteroatoms. The molecule has 4 atom stereocenters. The first-order valence-corrected chi connectivity index (χ1v) is 6.99. The molecule has 3 rings (SSSR count). The Morgan fingerprint density at radius 2 is 1.65 bits per heavy atom. The summed E-state index contributed by atoms with van der Waals surface area (Å²) in [6.07, 6.45) is 12.1. The fraction of sp³-hybridized carbons (Fsp3) is 0.857. The SMILES string of the molecule is C1=C\[C@@H]2OCCC[C@H]2O[C@H]2CCCO[C@@H]2CC/1. The summed E-state index contributed by atoms with van der Waals surface area (Å²) in [5, 5.41) is 0. The van der Waals surface area contributed by atoms with Gasteiger partial charge in [0.15, 0.2) is 0 Å². The standard InChI is InChI=1S/C14H22O3/c1-2-6-12-14(8-4-10-16-12)17-13-7-3-9-15-11(13)5-1/h1,5,11-14H,2-4,6-10H2/b5-1-/t11-,12+,13+,14-/m0/s1. The van der Waals surface area contributed by atoms with E-state index in [4.69, 9.17) is 14.2 Å². The Bertz CT molecular complexity index is 277. The third-order valence-corrected chi connectivity index (χ3v) is 3.98. The summed E-state index contributed by atoms with van der Waals surface area (Å²) in [4.78, 5) is 0. The fourth-order valence-electron chi connectivity index (χ4n) is 3.05. The highest BCUT2D eigenvalue weighted by Crippen LogP contribution is 2.28. The fourth-order valence-corrected chi connectivity index (χ4v) is 3.05. The van der Waals surface area contributed by atoms with E-state index >= 15 is 0 Å². The molecule has 0 radical (unpaired) electrons. The first-order valence-electron chi connectivity index (χ1n) is 6.99. The number of ether oxygens (including phenoxy) is 3. The minimum atomic E-state index is 0.171. The van der Waals surface area contributed by atoms with E-state index in [1.165, 1.54) is 0 Å². The Balaban J connectivity index is 1.72. The van der Waals surface area contributed by atoms with Gasteiger partial charge in [-0.2, -0.15) is 0 Å². The van der Waals surface area contributed by atoms with Crippen molar-refractivity contribution in [1.29, 1.82) is 0 Å². The molecule has 0 aliphatic carbocycles. The molecule has 0 aromatic heterocycles. The van der Waals surface area contributed by atoms with Crippen LogP contribution in [0.4, 0.5) is 0 Å². The summed E-state index contributed by atoms with van der Waals surface area (Å²) >= 11 is 0. The second-order valence-electron chi connectivity index (χ2n) is 5.25. The highest BCUT2D eigenvalue weighted by molar-refractivity contribution is 4.98. The van der Waals surface area contributed by atoms with Gasteiger partial charge in [-0.25, -0.2) is 0 Å². The molecule has 0 N–H and O–H groups in total. The average Bonchev–Trinajstić information content (AvgIpc) is 2.46. The lowest BCUT2D eigenvalue weighted by molar-refractivity contribution is -0.167. The number of rotatable bonds is 0. The summed E-state index contributed by atoms with van der Waals surface area (Å²) in [5.74, 6) is 0. The second-order valence-corrected chi connectivity index (χ2v) is 5.25. The van der Waals surface area contributed by atoms with Crippen molar-refractivity contribution in [2.45, 2.75) is 62.9 Å². The monoisotopic (exact) mass is 238 g/mol. The molecule has 0 saturated carbocycles. The Labute approximate surface area is 103 Å². The topological polar surface area (TPSA) is 27.7 Å². The highest BCUT2D eigenvalue weighted by atomic mass is 16.6. The summed E-state index contributed by atoms with van der Waals surface area (Å²) in [6.45, 7) is 1.78. The predicted octanol–water partition coefficient (Wildman–Crippen LogP) is 2.45. The van der Waals surface area contributed by atoms with Gasteiger partial charge in [-0.05, 0) is 38.5 Å². The Morgan fingerprint density at radius 3 is 2.59 bits per heavy atom. The van der Waals surface area contributed by atoms with E-state index in [0.717, 1.165) is 51.7 Å². The van der Waals surface area contributed by atoms with E-state index in [-0.39, 0.29) is 18.3 Å². The molecule has 17 heavy (non-hydrogen) atoms. The van der Waals surface area contributed by atoms with Crippen molar-refractivity contribution >= 4 is 0 Å². The third kappa shape index (κ3) is 2.72. The van der Waals surface area contributed by atoms with Gasteiger partial charge in [0.1, 0.15) is 6.10 Å². The van der Waals surface area contributed by atoms with Crippen molar-refractivity contribution in [1.82, 2.24) is 0 Å². The highest BCUT2D eigenvalue weighted by Gasteiger charge is 2.33. The first-order chi connectivity index (χ1) is 8.43. The molecule has 2 fully saturated rings. The Morgan fingerprint density at radius 1 is 0.824 bits per heavy atom. The van der Waals surface area contributed by atoms with Crippen LogP contribution in [-0.4, -0.2) is 37.6 Å². The lowest BCUT2D eigenvalue weighted by Gasteiger charge is -2.37. The Hall–Kier alpha value is -0.380. The maximum atomic E-state index is 6.28. The third-order valence-electron chi connectivity index (χ3n) is 3.98. The summed E-state index contributed by atoms with van der Waals surface area (Å²) < 4.78 is 17.9. The van der Waals surface area contributed by atoms with Gasteiger partial charge in [-0.3, -0.25) is 0 Å². The minimum Gasteiger partial charge on any atom is -0.376 e. The maximum absolute atomic E-state index is 6.28. The maximum Gasteiger partial charge on any atom is 0.102 e. The van der Waals surface area contributed by atoms with E-state index in [1.54, 1.807) is 0 Å². The molecule has 96 valence electrons. The summed E-state index contributed by atoms with van der Waals surface area (Å²) in [5.41, 5.74) is 0. The molecule has 0 spiro atoms. The van der Waals surface area contributed by atoms with Crippen molar-refractivity contribution < 1.29 is 14.2 Å². The average molecular weight is 238 g/mol.